The Hall–Kier alpha value is -3.25. The van der Waals surface area contributed by atoms with E-state index in [0.717, 1.165) is 30.0 Å². The molecule has 6 nitrogen and oxygen atoms in total. The smallest absolute Gasteiger partial charge is 0.374 e. The highest BCUT2D eigenvalue weighted by Gasteiger charge is 2.47. The highest BCUT2D eigenvalue weighted by atomic mass is 16.6. The van der Waals surface area contributed by atoms with Gasteiger partial charge in [0.25, 0.3) is 0 Å². The van der Waals surface area contributed by atoms with Crippen molar-refractivity contribution in [1.29, 1.82) is 0 Å². The minimum Gasteiger partial charge on any atom is -0.483 e. The molecule has 1 aliphatic rings. The number of carbonyl (C=O) groups excluding carboxylic acids is 1. The summed E-state index contributed by atoms with van der Waals surface area (Å²) in [6.07, 6.45) is 1.04. The van der Waals surface area contributed by atoms with E-state index in [-0.39, 0.29) is 5.76 Å². The van der Waals surface area contributed by atoms with Gasteiger partial charge in [0, 0.05) is 17.8 Å². The minimum absolute atomic E-state index is 0.149. The number of benzene rings is 2. The van der Waals surface area contributed by atoms with Crippen LogP contribution in [0.2, 0.25) is 0 Å². The van der Waals surface area contributed by atoms with Gasteiger partial charge in [-0.1, -0.05) is 30.3 Å². The molecule has 2 unspecified atom stereocenters. The highest BCUT2D eigenvalue weighted by molar-refractivity contribution is 5.86. The van der Waals surface area contributed by atoms with Crippen LogP contribution in [0.5, 0.6) is 5.75 Å². The summed E-state index contributed by atoms with van der Waals surface area (Å²) in [5.41, 5.74) is 2.20. The normalized spacial score (nSPS) is 19.0. The largest absolute Gasteiger partial charge is 0.483 e. The van der Waals surface area contributed by atoms with Crippen molar-refractivity contribution in [2.24, 2.45) is 0 Å². The van der Waals surface area contributed by atoms with Crippen molar-refractivity contribution in [1.82, 2.24) is 0 Å². The Morgan fingerprint density at radius 1 is 1.09 bits per heavy atom. The molecule has 1 N–H and O–H groups in total. The van der Waals surface area contributed by atoms with Crippen LogP contribution in [0.1, 0.15) is 48.6 Å². The first-order valence-corrected chi connectivity index (χ1v) is 10.9. The molecule has 0 bridgehead atoms. The quantitative estimate of drug-likeness (QED) is 0.477. The van der Waals surface area contributed by atoms with Gasteiger partial charge in [0.05, 0.1) is 12.9 Å². The second kappa shape index (κ2) is 9.49. The molecule has 2 aromatic carbocycles. The Morgan fingerprint density at radius 3 is 2.62 bits per heavy atom. The number of anilines is 1. The van der Waals surface area contributed by atoms with Crippen LogP contribution in [-0.2, 0) is 15.9 Å². The van der Waals surface area contributed by atoms with E-state index in [0.29, 0.717) is 6.61 Å². The molecule has 0 saturated heterocycles. The number of rotatable bonds is 8. The maximum atomic E-state index is 12.7. The van der Waals surface area contributed by atoms with Gasteiger partial charge in [-0.15, -0.1) is 0 Å². The molecule has 0 spiro atoms. The molecule has 0 aliphatic carbocycles. The fraction of sp³-hybridized carbons (Fsp3) is 0.346. The number of hydrogen-bond donors (Lipinski definition) is 1. The Bertz CT molecular complexity index is 1030. The summed E-state index contributed by atoms with van der Waals surface area (Å²) in [7, 11) is 0. The first-order valence-electron chi connectivity index (χ1n) is 10.9. The van der Waals surface area contributed by atoms with Gasteiger partial charge >= 0.3 is 5.97 Å². The third-order valence-electron chi connectivity index (χ3n) is 5.52. The molecule has 0 amide bonds. The highest BCUT2D eigenvalue weighted by Crippen LogP contribution is 2.44. The maximum absolute atomic E-state index is 12.7. The van der Waals surface area contributed by atoms with Crippen LogP contribution in [0, 0.1) is 0 Å². The van der Waals surface area contributed by atoms with Crippen LogP contribution < -0.4 is 10.1 Å². The van der Waals surface area contributed by atoms with Gasteiger partial charge in [-0.25, -0.2) is 4.79 Å². The van der Waals surface area contributed by atoms with Crippen LogP contribution in [-0.4, -0.2) is 30.8 Å². The summed E-state index contributed by atoms with van der Waals surface area (Å²) >= 11 is 0. The Balaban J connectivity index is 1.63. The van der Waals surface area contributed by atoms with Gasteiger partial charge in [0.15, 0.2) is 6.10 Å². The summed E-state index contributed by atoms with van der Waals surface area (Å²) in [6, 6.07) is 19.3. The Morgan fingerprint density at radius 2 is 1.91 bits per heavy atom. The average molecular weight is 436 g/mol. The van der Waals surface area contributed by atoms with E-state index < -0.39 is 23.8 Å². The van der Waals surface area contributed by atoms with Gasteiger partial charge in [0.2, 0.25) is 5.76 Å². The van der Waals surface area contributed by atoms with Gasteiger partial charge in [-0.2, -0.15) is 0 Å². The van der Waals surface area contributed by atoms with Crippen molar-refractivity contribution in [3.05, 3.63) is 83.8 Å². The number of nitrogens with one attached hydrogen (secondary N) is 1. The lowest BCUT2D eigenvalue weighted by atomic mass is 9.87. The van der Waals surface area contributed by atoms with Crippen LogP contribution in [0.4, 0.5) is 5.69 Å². The maximum Gasteiger partial charge on any atom is 0.374 e. The molecule has 1 aromatic heterocycles. The van der Waals surface area contributed by atoms with E-state index in [2.05, 4.69) is 17.4 Å². The lowest BCUT2D eigenvalue weighted by Crippen LogP contribution is -2.51. The molecule has 1 aliphatic heterocycles. The first-order chi connectivity index (χ1) is 15.5. The zero-order valence-electron chi connectivity index (χ0n) is 18.7. The van der Waals surface area contributed by atoms with Crippen molar-refractivity contribution in [3.8, 4) is 5.75 Å². The number of esters is 1. The third kappa shape index (κ3) is 4.81. The molecule has 3 aromatic rings. The first kappa shape index (κ1) is 22.0. The minimum atomic E-state index is -0.799. The van der Waals surface area contributed by atoms with Gasteiger partial charge in [-0.05, 0) is 63.1 Å². The summed E-state index contributed by atoms with van der Waals surface area (Å²) in [6.45, 7) is 7.12. The van der Waals surface area contributed by atoms with E-state index in [1.54, 1.807) is 12.1 Å². The molecular formula is C26H29NO5. The summed E-state index contributed by atoms with van der Waals surface area (Å²) < 4.78 is 23.8. The number of fused-ring (bicyclic) bond motifs is 1. The van der Waals surface area contributed by atoms with Crippen molar-refractivity contribution >= 4 is 11.7 Å². The molecule has 4 rings (SSSR count). The van der Waals surface area contributed by atoms with Gasteiger partial charge < -0.3 is 23.9 Å². The van der Waals surface area contributed by atoms with E-state index >= 15 is 0 Å². The van der Waals surface area contributed by atoms with Crippen LogP contribution in [0.3, 0.4) is 0 Å². The van der Waals surface area contributed by atoms with Crippen LogP contribution in [0.25, 0.3) is 0 Å². The second-order valence-electron chi connectivity index (χ2n) is 8.32. The number of carbonyl (C=O) groups is 1. The number of furan rings is 1. The van der Waals surface area contributed by atoms with Crippen LogP contribution in [0.15, 0.2) is 71.3 Å². The van der Waals surface area contributed by atoms with Crippen molar-refractivity contribution in [3.63, 3.8) is 0 Å². The van der Waals surface area contributed by atoms with E-state index in [1.165, 1.54) is 11.8 Å². The summed E-state index contributed by atoms with van der Waals surface area (Å²) in [5, 5.41) is 3.32. The number of ether oxygens (including phenoxy) is 3. The summed E-state index contributed by atoms with van der Waals surface area (Å²) in [4.78, 5) is 12.7. The Kier molecular flexibility index (Phi) is 6.51. The van der Waals surface area contributed by atoms with Crippen molar-refractivity contribution in [2.75, 3.05) is 18.5 Å². The molecule has 168 valence electrons. The lowest BCUT2D eigenvalue weighted by molar-refractivity contribution is -0.140. The third-order valence-corrected chi connectivity index (χ3v) is 5.52. The fourth-order valence-corrected chi connectivity index (χ4v) is 3.94. The molecule has 2 atom stereocenters. The predicted molar refractivity (Wildman–Crippen MR) is 122 cm³/mol. The standard InChI is InChI=1S/C26H29NO5/c1-4-27-19-12-13-21-20(17-19)23(30-16-14-18-9-6-5-7-10-18)24(26(2,3)32-21)31-25(28)22-11-8-15-29-22/h5-13,15,17,23-24,27H,4,14,16H2,1-3H3. The monoisotopic (exact) mass is 435 g/mol. The van der Waals surface area contributed by atoms with E-state index in [4.69, 9.17) is 18.6 Å². The lowest BCUT2D eigenvalue weighted by Gasteiger charge is -2.43. The predicted octanol–water partition coefficient (Wildman–Crippen LogP) is 5.41. The molecule has 2 heterocycles. The van der Waals surface area contributed by atoms with Crippen molar-refractivity contribution < 1.29 is 23.4 Å². The zero-order valence-corrected chi connectivity index (χ0v) is 18.7. The Labute approximate surface area is 188 Å². The SMILES string of the molecule is CCNc1ccc2c(c1)C(OCCc1ccccc1)C(OC(=O)c1ccco1)C(C)(C)O2. The van der Waals surface area contributed by atoms with E-state index in [1.807, 2.05) is 57.2 Å². The average Bonchev–Trinajstić information content (AvgIpc) is 3.32. The topological polar surface area (TPSA) is 69.9 Å². The zero-order chi connectivity index (χ0) is 22.6. The number of hydrogen-bond acceptors (Lipinski definition) is 6. The molecule has 0 saturated carbocycles. The van der Waals surface area contributed by atoms with Gasteiger partial charge in [-0.3, -0.25) is 0 Å². The molecule has 32 heavy (non-hydrogen) atoms. The van der Waals surface area contributed by atoms with Gasteiger partial charge in [0.1, 0.15) is 17.5 Å². The van der Waals surface area contributed by atoms with E-state index in [9.17, 15) is 4.79 Å². The summed E-state index contributed by atoms with van der Waals surface area (Å²) in [5.74, 6) is 0.335. The molecule has 6 heteroatoms. The second-order valence-corrected chi connectivity index (χ2v) is 8.32. The van der Waals surface area contributed by atoms with Crippen molar-refractivity contribution in [2.45, 2.75) is 45.0 Å². The molecule has 0 fully saturated rings. The molecular weight excluding hydrogens is 406 g/mol. The fourth-order valence-electron chi connectivity index (χ4n) is 3.94. The van der Waals surface area contributed by atoms with Crippen LogP contribution >= 0.6 is 0 Å². The molecule has 0 radical (unpaired) electrons.